The Morgan fingerprint density at radius 3 is 2.19 bits per heavy atom. The van der Waals surface area contributed by atoms with Crippen LogP contribution in [0.15, 0.2) is 72.9 Å². The molecule has 6 heteroatoms. The second kappa shape index (κ2) is 8.64. The van der Waals surface area contributed by atoms with E-state index in [2.05, 4.69) is 76.3 Å². The number of anilines is 2. The molecular weight excluding hydrogens is 396 g/mol. The van der Waals surface area contributed by atoms with Crippen LogP contribution in [0.1, 0.15) is 29.7 Å². The molecule has 1 saturated heterocycles. The highest BCUT2D eigenvalue weighted by Gasteiger charge is 2.23. The van der Waals surface area contributed by atoms with E-state index in [0.29, 0.717) is 5.56 Å². The largest absolute Gasteiger partial charge is 0.353 e. The number of piperazine rings is 1. The lowest BCUT2D eigenvalue weighted by atomic mass is 9.94. The molecule has 0 radical (unpaired) electrons. The summed E-state index contributed by atoms with van der Waals surface area (Å²) in [5.74, 6) is 2.02. The summed E-state index contributed by atoms with van der Waals surface area (Å²) in [7, 11) is 0. The summed E-state index contributed by atoms with van der Waals surface area (Å²) < 4.78 is 0. The van der Waals surface area contributed by atoms with Gasteiger partial charge in [0.2, 0.25) is 0 Å². The Morgan fingerprint density at radius 1 is 0.812 bits per heavy atom. The van der Waals surface area contributed by atoms with Crippen LogP contribution in [-0.2, 0) is 0 Å². The summed E-state index contributed by atoms with van der Waals surface area (Å²) >= 11 is 0. The van der Waals surface area contributed by atoms with Crippen LogP contribution in [0.4, 0.5) is 11.6 Å². The minimum Gasteiger partial charge on any atom is -0.353 e. The lowest BCUT2D eigenvalue weighted by Gasteiger charge is -2.36. The Hall–Kier alpha value is -3.98. The van der Waals surface area contributed by atoms with Gasteiger partial charge in [-0.3, -0.25) is 0 Å². The van der Waals surface area contributed by atoms with Crippen molar-refractivity contribution in [3.05, 3.63) is 89.7 Å². The van der Waals surface area contributed by atoms with E-state index in [1.54, 1.807) is 6.20 Å². The van der Waals surface area contributed by atoms with Crippen LogP contribution in [0.2, 0.25) is 0 Å². The third-order valence-electron chi connectivity index (χ3n) is 6.19. The summed E-state index contributed by atoms with van der Waals surface area (Å²) in [6.07, 6.45) is 1.63. The van der Waals surface area contributed by atoms with Gasteiger partial charge in [-0.15, -0.1) is 5.10 Å². The highest BCUT2D eigenvalue weighted by Crippen LogP contribution is 2.32. The summed E-state index contributed by atoms with van der Waals surface area (Å²) in [6, 6.07) is 24.8. The number of rotatable bonds is 4. The molecule has 0 aliphatic carbocycles. The minimum atomic E-state index is 0.168. The van der Waals surface area contributed by atoms with Crippen molar-refractivity contribution in [2.24, 2.45) is 0 Å². The van der Waals surface area contributed by atoms with E-state index in [-0.39, 0.29) is 5.92 Å². The number of aromatic nitrogens is 3. The lowest BCUT2D eigenvalue weighted by molar-refractivity contribution is 0.639. The molecule has 1 aliphatic heterocycles. The van der Waals surface area contributed by atoms with E-state index in [4.69, 9.17) is 15.5 Å². The Bertz CT molecular complexity index is 1260. The van der Waals surface area contributed by atoms with E-state index in [9.17, 15) is 0 Å². The zero-order chi connectivity index (χ0) is 21.9. The molecule has 1 aliphatic rings. The van der Waals surface area contributed by atoms with Gasteiger partial charge in [0, 0.05) is 49.1 Å². The SMILES string of the molecule is CC(c1ccccc1)c1nnc(N2CCN(c3ccc(C#N)cn3)CC2)c2ccccc12. The van der Waals surface area contributed by atoms with Gasteiger partial charge in [-0.05, 0) is 17.7 Å². The molecule has 1 fully saturated rings. The van der Waals surface area contributed by atoms with Gasteiger partial charge in [0.05, 0.1) is 11.3 Å². The molecule has 4 aromatic rings. The number of benzene rings is 2. The molecule has 2 aromatic heterocycles. The van der Waals surface area contributed by atoms with Gasteiger partial charge < -0.3 is 9.80 Å². The van der Waals surface area contributed by atoms with E-state index in [1.807, 2.05) is 18.2 Å². The van der Waals surface area contributed by atoms with Crippen LogP contribution in [0, 0.1) is 11.3 Å². The highest BCUT2D eigenvalue weighted by atomic mass is 15.3. The first-order chi connectivity index (χ1) is 15.7. The molecule has 0 bridgehead atoms. The molecule has 158 valence electrons. The minimum absolute atomic E-state index is 0.168. The van der Waals surface area contributed by atoms with Crippen molar-refractivity contribution in [2.75, 3.05) is 36.0 Å². The van der Waals surface area contributed by atoms with Gasteiger partial charge in [-0.1, -0.05) is 61.5 Å². The first-order valence-electron chi connectivity index (χ1n) is 10.9. The predicted molar refractivity (Wildman–Crippen MR) is 127 cm³/mol. The van der Waals surface area contributed by atoms with Crippen molar-refractivity contribution in [2.45, 2.75) is 12.8 Å². The maximum Gasteiger partial charge on any atom is 0.159 e. The molecule has 1 unspecified atom stereocenters. The first kappa shape index (κ1) is 20.0. The predicted octanol–water partition coefficient (Wildman–Crippen LogP) is 4.37. The first-order valence-corrected chi connectivity index (χ1v) is 10.9. The number of pyridine rings is 1. The zero-order valence-electron chi connectivity index (χ0n) is 18.0. The third kappa shape index (κ3) is 3.74. The van der Waals surface area contributed by atoms with Crippen molar-refractivity contribution in [1.82, 2.24) is 15.2 Å². The molecule has 0 N–H and O–H groups in total. The Labute approximate surface area is 187 Å². The van der Waals surface area contributed by atoms with Crippen LogP contribution in [0.5, 0.6) is 0 Å². The number of fused-ring (bicyclic) bond motifs is 1. The Balaban J connectivity index is 1.40. The van der Waals surface area contributed by atoms with Crippen molar-refractivity contribution < 1.29 is 0 Å². The third-order valence-corrected chi connectivity index (χ3v) is 6.19. The summed E-state index contributed by atoms with van der Waals surface area (Å²) in [5, 5.41) is 20.7. The lowest BCUT2D eigenvalue weighted by Crippen LogP contribution is -2.47. The fourth-order valence-electron chi connectivity index (χ4n) is 4.35. The molecule has 2 aromatic carbocycles. The van der Waals surface area contributed by atoms with Gasteiger partial charge >= 0.3 is 0 Å². The monoisotopic (exact) mass is 420 g/mol. The zero-order valence-corrected chi connectivity index (χ0v) is 18.0. The van der Waals surface area contributed by atoms with Gasteiger partial charge in [0.1, 0.15) is 11.9 Å². The summed E-state index contributed by atoms with van der Waals surface area (Å²) in [5.41, 5.74) is 2.83. The number of nitriles is 1. The van der Waals surface area contributed by atoms with Gasteiger partial charge in [-0.25, -0.2) is 4.98 Å². The molecule has 0 spiro atoms. The van der Waals surface area contributed by atoms with Crippen LogP contribution < -0.4 is 9.80 Å². The average molecular weight is 421 g/mol. The highest BCUT2D eigenvalue weighted by molar-refractivity contribution is 5.94. The number of hydrogen-bond donors (Lipinski definition) is 0. The number of nitrogens with zero attached hydrogens (tertiary/aromatic N) is 6. The van der Waals surface area contributed by atoms with Crippen molar-refractivity contribution in [1.29, 1.82) is 5.26 Å². The molecule has 0 saturated carbocycles. The van der Waals surface area contributed by atoms with Crippen molar-refractivity contribution in [3.63, 3.8) is 0 Å². The van der Waals surface area contributed by atoms with E-state index in [1.165, 1.54) is 5.56 Å². The molecular formula is C26H24N6. The van der Waals surface area contributed by atoms with Crippen LogP contribution in [0.25, 0.3) is 10.8 Å². The maximum atomic E-state index is 8.98. The summed E-state index contributed by atoms with van der Waals surface area (Å²) in [6.45, 7) is 5.56. The van der Waals surface area contributed by atoms with Gasteiger partial charge in [-0.2, -0.15) is 10.4 Å². The van der Waals surface area contributed by atoms with Gasteiger partial charge in [0.15, 0.2) is 5.82 Å². The standard InChI is InChI=1S/C26H24N6/c1-19(21-7-3-2-4-8-21)25-22-9-5-6-10-23(22)26(30-29-25)32-15-13-31(14-16-32)24-12-11-20(17-27)18-28-24/h2-12,18-19H,13-16H2,1H3. The Morgan fingerprint density at radius 2 is 1.50 bits per heavy atom. The average Bonchev–Trinajstić information content (AvgIpc) is 2.88. The fraction of sp³-hybridized carbons (Fsp3) is 0.231. The molecule has 6 nitrogen and oxygen atoms in total. The van der Waals surface area contributed by atoms with Crippen molar-refractivity contribution >= 4 is 22.4 Å². The molecule has 3 heterocycles. The van der Waals surface area contributed by atoms with Crippen LogP contribution in [0.3, 0.4) is 0 Å². The smallest absolute Gasteiger partial charge is 0.159 e. The molecule has 0 amide bonds. The molecule has 1 atom stereocenters. The molecule has 5 rings (SSSR count). The van der Waals surface area contributed by atoms with Gasteiger partial charge in [0.25, 0.3) is 0 Å². The molecule has 32 heavy (non-hydrogen) atoms. The quantitative estimate of drug-likeness (QED) is 0.488. The second-order valence-electron chi connectivity index (χ2n) is 8.08. The summed E-state index contributed by atoms with van der Waals surface area (Å²) in [4.78, 5) is 9.00. The van der Waals surface area contributed by atoms with E-state index >= 15 is 0 Å². The van der Waals surface area contributed by atoms with Crippen LogP contribution >= 0.6 is 0 Å². The topological polar surface area (TPSA) is 68.9 Å². The van der Waals surface area contributed by atoms with Crippen LogP contribution in [-0.4, -0.2) is 41.4 Å². The maximum absolute atomic E-state index is 8.98. The second-order valence-corrected chi connectivity index (χ2v) is 8.08. The van der Waals surface area contributed by atoms with Crippen molar-refractivity contribution in [3.8, 4) is 6.07 Å². The Kier molecular flexibility index (Phi) is 5.39. The number of hydrogen-bond acceptors (Lipinski definition) is 6. The van der Waals surface area contributed by atoms with E-state index < -0.39 is 0 Å². The fourth-order valence-corrected chi connectivity index (χ4v) is 4.35. The normalized spacial score (nSPS) is 14.9. The van der Waals surface area contributed by atoms with E-state index in [0.717, 1.165) is 54.3 Å².